The second kappa shape index (κ2) is 10.1. The van der Waals surface area contributed by atoms with Gasteiger partial charge in [0.15, 0.2) is 0 Å². The monoisotopic (exact) mass is 469 g/mol. The minimum atomic E-state index is -0.800. The molecule has 0 bridgehead atoms. The van der Waals surface area contributed by atoms with Gasteiger partial charge in [-0.1, -0.05) is 12.1 Å². The van der Waals surface area contributed by atoms with Crippen LogP contribution in [0.2, 0.25) is 0 Å². The topological polar surface area (TPSA) is 89.2 Å². The van der Waals surface area contributed by atoms with Gasteiger partial charge in [0, 0.05) is 20.1 Å². The number of rotatable bonds is 6. The minimum absolute atomic E-state index is 0.222. The SMILES string of the molecule is Cn1c(=O)c(C(=O)NCC2CCN(Cc3cccc(F)c3)CC2)nn(-c2ccc(F)cc2)c1=O. The number of piperidine rings is 1. The lowest BCUT2D eigenvalue weighted by Gasteiger charge is -2.32. The van der Waals surface area contributed by atoms with Crippen molar-refractivity contribution in [2.75, 3.05) is 19.6 Å². The van der Waals surface area contributed by atoms with E-state index >= 15 is 0 Å². The molecule has 0 unspecified atom stereocenters. The summed E-state index contributed by atoms with van der Waals surface area (Å²) in [5.41, 5.74) is -0.786. The summed E-state index contributed by atoms with van der Waals surface area (Å²) in [6.45, 7) is 2.66. The van der Waals surface area contributed by atoms with Gasteiger partial charge in [-0.05, 0) is 73.8 Å². The maximum Gasteiger partial charge on any atom is 0.351 e. The Morgan fingerprint density at radius 1 is 1.06 bits per heavy atom. The van der Waals surface area contributed by atoms with E-state index in [0.717, 1.165) is 52.9 Å². The fraction of sp³-hybridized carbons (Fsp3) is 0.333. The van der Waals surface area contributed by atoms with E-state index in [1.54, 1.807) is 6.07 Å². The van der Waals surface area contributed by atoms with E-state index in [1.165, 1.54) is 31.3 Å². The van der Waals surface area contributed by atoms with E-state index in [-0.39, 0.29) is 17.4 Å². The van der Waals surface area contributed by atoms with Crippen molar-refractivity contribution in [2.45, 2.75) is 19.4 Å². The van der Waals surface area contributed by atoms with Gasteiger partial charge in [0.1, 0.15) is 11.6 Å². The smallest absolute Gasteiger partial charge is 0.350 e. The molecule has 1 saturated heterocycles. The number of halogens is 2. The highest BCUT2D eigenvalue weighted by atomic mass is 19.1. The van der Waals surface area contributed by atoms with Crippen molar-refractivity contribution in [3.05, 3.63) is 92.3 Å². The summed E-state index contributed by atoms with van der Waals surface area (Å²) < 4.78 is 28.3. The Labute approximate surface area is 194 Å². The lowest BCUT2D eigenvalue weighted by atomic mass is 9.96. The Morgan fingerprint density at radius 3 is 2.44 bits per heavy atom. The van der Waals surface area contributed by atoms with Crippen LogP contribution in [-0.4, -0.2) is 44.8 Å². The van der Waals surface area contributed by atoms with Gasteiger partial charge in [-0.15, -0.1) is 0 Å². The maximum atomic E-state index is 13.4. The van der Waals surface area contributed by atoms with Gasteiger partial charge in [0.25, 0.3) is 11.5 Å². The number of hydrogen-bond donors (Lipinski definition) is 1. The van der Waals surface area contributed by atoms with E-state index in [0.29, 0.717) is 13.1 Å². The first-order chi connectivity index (χ1) is 16.3. The van der Waals surface area contributed by atoms with Crippen LogP contribution < -0.4 is 16.6 Å². The third kappa shape index (κ3) is 5.28. The molecule has 10 heteroatoms. The average molecular weight is 469 g/mol. The van der Waals surface area contributed by atoms with Gasteiger partial charge in [0.2, 0.25) is 5.69 Å². The fourth-order valence-electron chi connectivity index (χ4n) is 4.03. The van der Waals surface area contributed by atoms with Gasteiger partial charge < -0.3 is 5.32 Å². The van der Waals surface area contributed by atoms with E-state index in [2.05, 4.69) is 15.3 Å². The molecule has 34 heavy (non-hydrogen) atoms. The largest absolute Gasteiger partial charge is 0.351 e. The lowest BCUT2D eigenvalue weighted by molar-refractivity contribution is 0.0925. The maximum absolute atomic E-state index is 13.4. The molecular formula is C24H25F2N5O3. The standard InChI is InChI=1S/C24H25F2N5O3/c1-29-23(33)21(28-31(24(29)34)20-7-5-18(25)6-8-20)22(32)27-14-16-9-11-30(12-10-16)15-17-3-2-4-19(26)13-17/h2-8,13,16H,9-12,14-15H2,1H3,(H,27,32). The zero-order valence-corrected chi connectivity index (χ0v) is 18.7. The van der Waals surface area contributed by atoms with Crippen LogP contribution in [0.25, 0.3) is 5.69 Å². The second-order valence-corrected chi connectivity index (χ2v) is 8.44. The summed E-state index contributed by atoms with van der Waals surface area (Å²) in [4.78, 5) is 39.9. The molecule has 178 valence electrons. The van der Waals surface area contributed by atoms with E-state index < -0.39 is 28.7 Å². The van der Waals surface area contributed by atoms with Gasteiger partial charge in [-0.25, -0.2) is 13.6 Å². The summed E-state index contributed by atoms with van der Waals surface area (Å²) in [7, 11) is 1.26. The second-order valence-electron chi connectivity index (χ2n) is 8.44. The van der Waals surface area contributed by atoms with Crippen LogP contribution in [0, 0.1) is 17.6 Å². The molecule has 1 aliphatic rings. The molecule has 1 N–H and O–H groups in total. The molecule has 1 aromatic heterocycles. The quantitative estimate of drug-likeness (QED) is 0.595. The van der Waals surface area contributed by atoms with Crippen molar-refractivity contribution >= 4 is 5.91 Å². The molecule has 4 rings (SSSR count). The molecular weight excluding hydrogens is 444 g/mol. The molecule has 0 aliphatic carbocycles. The summed E-state index contributed by atoms with van der Waals surface area (Å²) >= 11 is 0. The van der Waals surface area contributed by atoms with Gasteiger partial charge in [0.05, 0.1) is 5.69 Å². The predicted molar refractivity (Wildman–Crippen MR) is 122 cm³/mol. The highest BCUT2D eigenvalue weighted by Gasteiger charge is 2.23. The Kier molecular flexibility index (Phi) is 6.97. The number of likely N-dealkylation sites (tertiary alicyclic amines) is 1. The Hall–Kier alpha value is -3.66. The number of hydrogen-bond acceptors (Lipinski definition) is 5. The third-order valence-electron chi connectivity index (χ3n) is 6.02. The third-order valence-corrected chi connectivity index (χ3v) is 6.02. The van der Waals surface area contributed by atoms with Crippen molar-refractivity contribution in [3.63, 3.8) is 0 Å². The number of nitrogens with zero attached hydrogens (tertiary/aromatic N) is 4. The molecule has 0 atom stereocenters. The molecule has 3 aromatic rings. The first kappa shape index (κ1) is 23.5. The average Bonchev–Trinajstić information content (AvgIpc) is 2.83. The van der Waals surface area contributed by atoms with Crippen molar-refractivity contribution in [1.29, 1.82) is 0 Å². The normalized spacial score (nSPS) is 14.8. The minimum Gasteiger partial charge on any atom is -0.350 e. The van der Waals surface area contributed by atoms with Crippen LogP contribution in [-0.2, 0) is 13.6 Å². The van der Waals surface area contributed by atoms with Crippen molar-refractivity contribution < 1.29 is 13.6 Å². The van der Waals surface area contributed by atoms with Crippen LogP contribution in [0.15, 0.2) is 58.1 Å². The molecule has 1 fully saturated rings. The van der Waals surface area contributed by atoms with Gasteiger partial charge >= 0.3 is 5.69 Å². The summed E-state index contributed by atoms with van der Waals surface area (Å²) in [6, 6.07) is 11.6. The van der Waals surface area contributed by atoms with E-state index in [9.17, 15) is 23.2 Å². The summed E-state index contributed by atoms with van der Waals surface area (Å²) in [5.74, 6) is -1.18. The lowest BCUT2D eigenvalue weighted by Crippen LogP contribution is -2.45. The number of nitrogens with one attached hydrogen (secondary N) is 1. The van der Waals surface area contributed by atoms with Gasteiger partial charge in [-0.3, -0.25) is 19.1 Å². The van der Waals surface area contributed by atoms with Gasteiger partial charge in [-0.2, -0.15) is 9.78 Å². The molecule has 0 saturated carbocycles. The molecule has 0 spiro atoms. The molecule has 1 aliphatic heterocycles. The van der Waals surface area contributed by atoms with Crippen LogP contribution in [0.3, 0.4) is 0 Å². The van der Waals surface area contributed by atoms with Crippen molar-refractivity contribution in [3.8, 4) is 5.69 Å². The Balaban J connectivity index is 1.38. The molecule has 2 aromatic carbocycles. The number of aromatic nitrogens is 3. The van der Waals surface area contributed by atoms with E-state index in [4.69, 9.17) is 0 Å². The zero-order valence-electron chi connectivity index (χ0n) is 18.7. The summed E-state index contributed by atoms with van der Waals surface area (Å²) in [5, 5.41) is 6.72. The van der Waals surface area contributed by atoms with Crippen LogP contribution in [0.4, 0.5) is 8.78 Å². The fourth-order valence-corrected chi connectivity index (χ4v) is 4.03. The van der Waals surface area contributed by atoms with E-state index in [1.807, 2.05) is 6.07 Å². The first-order valence-electron chi connectivity index (χ1n) is 11.0. The van der Waals surface area contributed by atoms with Crippen LogP contribution in [0.5, 0.6) is 0 Å². The molecule has 2 heterocycles. The number of amides is 1. The number of carbonyl (C=O) groups is 1. The zero-order chi connectivity index (χ0) is 24.2. The molecule has 0 radical (unpaired) electrons. The Bertz CT molecular complexity index is 1300. The van der Waals surface area contributed by atoms with Crippen LogP contribution >= 0.6 is 0 Å². The highest BCUT2D eigenvalue weighted by molar-refractivity contribution is 5.91. The number of benzene rings is 2. The summed E-state index contributed by atoms with van der Waals surface area (Å²) in [6.07, 6.45) is 1.69. The first-order valence-corrected chi connectivity index (χ1v) is 11.0. The van der Waals surface area contributed by atoms with Crippen LogP contribution in [0.1, 0.15) is 28.9 Å². The molecule has 8 nitrogen and oxygen atoms in total. The number of carbonyl (C=O) groups excluding carboxylic acids is 1. The molecule has 1 amide bonds. The highest BCUT2D eigenvalue weighted by Crippen LogP contribution is 2.19. The predicted octanol–water partition coefficient (Wildman–Crippen LogP) is 1.85. The Morgan fingerprint density at radius 2 is 1.76 bits per heavy atom. The van der Waals surface area contributed by atoms with Crippen molar-refractivity contribution in [2.24, 2.45) is 13.0 Å². The van der Waals surface area contributed by atoms with Crippen molar-refractivity contribution in [1.82, 2.24) is 24.6 Å².